The summed E-state index contributed by atoms with van der Waals surface area (Å²) < 4.78 is 1.86. The molecule has 2 aromatic carbocycles. The van der Waals surface area contributed by atoms with Crippen molar-refractivity contribution in [3.63, 3.8) is 0 Å². The molecule has 0 fully saturated rings. The summed E-state index contributed by atoms with van der Waals surface area (Å²) in [5.74, 6) is 0. The van der Waals surface area contributed by atoms with Crippen molar-refractivity contribution in [2.75, 3.05) is 0 Å². The van der Waals surface area contributed by atoms with Gasteiger partial charge in [0.25, 0.3) is 0 Å². The van der Waals surface area contributed by atoms with Gasteiger partial charge in [0.2, 0.25) is 0 Å². The first kappa shape index (κ1) is 16.9. The van der Waals surface area contributed by atoms with Gasteiger partial charge in [-0.05, 0) is 0 Å². The van der Waals surface area contributed by atoms with Crippen LogP contribution in [0, 0.1) is 13.8 Å². The Morgan fingerprint density at radius 1 is 1.18 bits per heavy atom. The number of hydrogen-bond acceptors (Lipinski definition) is 0. The van der Waals surface area contributed by atoms with Crippen molar-refractivity contribution in [1.29, 1.82) is 0 Å². The van der Waals surface area contributed by atoms with Gasteiger partial charge in [-0.2, -0.15) is 35.9 Å². The summed E-state index contributed by atoms with van der Waals surface area (Å²) in [6.07, 6.45) is 0. The maximum absolute atomic E-state index is 5.34. The van der Waals surface area contributed by atoms with E-state index in [1.165, 1.54) is 11.1 Å². The number of rotatable bonds is 0. The second kappa shape index (κ2) is 11.0. The molecule has 0 saturated heterocycles. The van der Waals surface area contributed by atoms with E-state index in [2.05, 4.69) is 32.0 Å². The monoisotopic (exact) mass is 304 g/mol. The van der Waals surface area contributed by atoms with Gasteiger partial charge in [-0.25, -0.2) is 23.8 Å². The van der Waals surface area contributed by atoms with Crippen LogP contribution in [0.15, 0.2) is 48.5 Å². The molecule has 0 spiro atoms. The fourth-order valence-corrected chi connectivity index (χ4v) is 1.04. The van der Waals surface area contributed by atoms with Crippen LogP contribution >= 0.6 is 18.6 Å². The van der Waals surface area contributed by atoms with Gasteiger partial charge >= 0.3 is 45.1 Å². The molecule has 0 radical (unpaired) electrons. The largest absolute Gasteiger partial charge is 0.214 e. The summed E-state index contributed by atoms with van der Waals surface area (Å²) >= 11 is -1.54. The fraction of sp³-hybridized carbons (Fsp3) is 0.214. The van der Waals surface area contributed by atoms with Gasteiger partial charge in [0.1, 0.15) is 0 Å². The Labute approximate surface area is 118 Å². The van der Waals surface area contributed by atoms with E-state index in [0.29, 0.717) is 0 Å². The van der Waals surface area contributed by atoms with Crippen LogP contribution in [0.1, 0.15) is 18.1 Å². The molecule has 0 atom stereocenters. The van der Waals surface area contributed by atoms with Crippen LogP contribution in [0.2, 0.25) is 0 Å². The molecule has 2 aromatic rings. The Hall–Kier alpha value is -0.136. The van der Waals surface area contributed by atoms with E-state index < -0.39 is 15.3 Å². The van der Waals surface area contributed by atoms with E-state index in [-0.39, 0.29) is 0 Å². The first-order valence-corrected chi connectivity index (χ1v) is 10.6. The average molecular weight is 305 g/mol. The summed E-state index contributed by atoms with van der Waals surface area (Å²) in [7, 11) is 10.7. The van der Waals surface area contributed by atoms with Gasteiger partial charge in [0.15, 0.2) is 0 Å². The summed E-state index contributed by atoms with van der Waals surface area (Å²) in [5.41, 5.74) is 2.72. The van der Waals surface area contributed by atoms with Crippen molar-refractivity contribution >= 4 is 22.9 Å². The van der Waals surface area contributed by atoms with Crippen LogP contribution < -0.4 is 0 Å². The average Bonchev–Trinajstić information content (AvgIpc) is 2.94. The predicted molar refractivity (Wildman–Crippen MR) is 77.0 cm³/mol. The van der Waals surface area contributed by atoms with E-state index in [0.717, 1.165) is 0 Å². The van der Waals surface area contributed by atoms with Crippen LogP contribution in [-0.4, -0.2) is 4.31 Å². The quantitative estimate of drug-likeness (QED) is 0.466. The zero-order chi connectivity index (χ0) is 13.1. The minimum Gasteiger partial charge on any atom is -0.214 e. The minimum absolute atomic E-state index is 1.36. The van der Waals surface area contributed by atoms with Crippen molar-refractivity contribution in [3.05, 3.63) is 59.7 Å². The van der Waals surface area contributed by atoms with Crippen LogP contribution in [0.3, 0.4) is 0 Å². The van der Waals surface area contributed by atoms with Crippen LogP contribution in [0.5, 0.6) is 0 Å². The number of halogens is 2. The van der Waals surface area contributed by atoms with Gasteiger partial charge in [-0.15, -0.1) is 0 Å². The van der Waals surface area contributed by atoms with Crippen molar-refractivity contribution in [2.24, 2.45) is 0 Å². The zero-order valence-corrected chi connectivity index (χ0v) is 13.5. The van der Waals surface area contributed by atoms with Gasteiger partial charge < -0.3 is 0 Å². The molecular weight excluding hydrogens is 287 g/mol. The zero-order valence-electron chi connectivity index (χ0n) is 10.5. The summed E-state index contributed by atoms with van der Waals surface area (Å²) in [5, 5.41) is 0. The van der Waals surface area contributed by atoms with Gasteiger partial charge in [-0.3, -0.25) is 0 Å². The number of aryl methyl sites for hydroxylation is 2. The van der Waals surface area contributed by atoms with Gasteiger partial charge in [0, 0.05) is 0 Å². The second-order valence-corrected chi connectivity index (χ2v) is 9.47. The van der Waals surface area contributed by atoms with E-state index >= 15 is 0 Å². The maximum atomic E-state index is 5.34. The standard InChI is InChI=1S/C7H9.C5H5.C2H4.2ClH.Ti/c1-6-3-4-7(2)5-6;1-2-4-5-3-1;1-2;;;/h3-5H,1-2H3;1-5H;1H,2H3;2*1H;/q2*-1;;;;+2/p-2. The molecular formula is C14H18Cl2Ti-2. The molecule has 94 valence electrons. The van der Waals surface area contributed by atoms with Crippen LogP contribution in [-0.2, 0) is 15.3 Å². The molecule has 0 aliphatic heterocycles. The predicted octanol–water partition coefficient (Wildman–Crippen LogP) is 5.16. The fourth-order valence-electron chi connectivity index (χ4n) is 1.04. The molecule has 0 unspecified atom stereocenters. The molecule has 17 heavy (non-hydrogen) atoms. The Balaban J connectivity index is 0.000000232. The van der Waals surface area contributed by atoms with Crippen molar-refractivity contribution in [3.8, 4) is 0 Å². The molecule has 0 aliphatic carbocycles. The van der Waals surface area contributed by atoms with Gasteiger partial charge in [0.05, 0.1) is 0 Å². The first-order valence-electron chi connectivity index (χ1n) is 5.40. The summed E-state index contributed by atoms with van der Waals surface area (Å²) in [6.45, 7) is 6.09. The first-order chi connectivity index (χ1) is 8.06. The van der Waals surface area contributed by atoms with Crippen LogP contribution in [0.25, 0.3) is 0 Å². The number of hydrogen-bond donors (Lipinski definition) is 0. The minimum atomic E-state index is -1.54. The SMILES string of the molecule is C[CH]=[Ti]([Cl])[Cl].Cc1c[cH-]c(C)c1.c1cc[cH-]c1. The third-order valence-electron chi connectivity index (χ3n) is 1.84. The Morgan fingerprint density at radius 2 is 1.71 bits per heavy atom. The Bertz CT molecular complexity index is 362. The Kier molecular flexibility index (Phi) is 10.9. The smallest absolute Gasteiger partial charge is 0.0635 e. The van der Waals surface area contributed by atoms with E-state index in [9.17, 15) is 0 Å². The molecule has 0 amide bonds. The molecule has 0 aliphatic rings. The van der Waals surface area contributed by atoms with E-state index in [4.69, 9.17) is 18.6 Å². The van der Waals surface area contributed by atoms with Crippen molar-refractivity contribution < 1.29 is 15.3 Å². The maximum Gasteiger partial charge on any atom is -0.0635 e. The molecule has 2 rings (SSSR count). The molecule has 0 saturated carbocycles. The molecule has 0 heterocycles. The normalized spacial score (nSPS) is 8.29. The third-order valence-corrected chi connectivity index (χ3v) is 4.32. The molecule has 0 bridgehead atoms. The van der Waals surface area contributed by atoms with Crippen molar-refractivity contribution in [2.45, 2.75) is 20.8 Å². The molecule has 0 nitrogen and oxygen atoms in total. The van der Waals surface area contributed by atoms with E-state index in [1.807, 2.05) is 41.6 Å². The molecule has 3 heteroatoms. The topological polar surface area (TPSA) is 0 Å². The van der Waals surface area contributed by atoms with Gasteiger partial charge in [-0.1, -0.05) is 13.8 Å². The molecule has 0 aromatic heterocycles. The van der Waals surface area contributed by atoms with Crippen molar-refractivity contribution in [1.82, 2.24) is 0 Å². The van der Waals surface area contributed by atoms with Crippen LogP contribution in [0.4, 0.5) is 0 Å². The summed E-state index contributed by atoms with van der Waals surface area (Å²) in [6, 6.07) is 16.4. The third kappa shape index (κ3) is 12.1. The second-order valence-electron chi connectivity index (χ2n) is 3.51. The molecule has 0 N–H and O–H groups in total. The van der Waals surface area contributed by atoms with E-state index in [1.54, 1.807) is 0 Å². The Morgan fingerprint density at radius 3 is 1.82 bits per heavy atom. The summed E-state index contributed by atoms with van der Waals surface area (Å²) in [4.78, 5) is 0.